The molecule has 3 N–H and O–H groups in total. The third-order valence-electron chi connectivity index (χ3n) is 4.73. The van der Waals surface area contributed by atoms with Crippen LogP contribution in [0, 0.1) is 6.92 Å². The van der Waals surface area contributed by atoms with Crippen molar-refractivity contribution in [2.45, 2.75) is 6.92 Å². The van der Waals surface area contributed by atoms with Gasteiger partial charge in [-0.2, -0.15) is 0 Å². The summed E-state index contributed by atoms with van der Waals surface area (Å²) in [4.78, 5) is 16.8. The maximum Gasteiger partial charge on any atom is 0.238 e. The molecule has 0 unspecified atom stereocenters. The Kier molecular flexibility index (Phi) is 5.63. The molecule has 2 aromatic rings. The first-order chi connectivity index (χ1) is 12.6. The van der Waals surface area contributed by atoms with Gasteiger partial charge >= 0.3 is 0 Å². The lowest BCUT2D eigenvalue weighted by Gasteiger charge is -2.36. The van der Waals surface area contributed by atoms with E-state index in [9.17, 15) is 4.79 Å². The third-order valence-corrected chi connectivity index (χ3v) is 4.73. The number of nitrogens with two attached hydrogens (primary N) is 1. The second kappa shape index (κ2) is 8.10. The molecule has 1 aliphatic rings. The number of anilines is 3. The van der Waals surface area contributed by atoms with Crippen LogP contribution in [-0.2, 0) is 4.79 Å². The van der Waals surface area contributed by atoms with Crippen LogP contribution < -0.4 is 20.7 Å². The molecule has 138 valence electrons. The lowest BCUT2D eigenvalue weighted by atomic mass is 10.2. The molecule has 1 amide bonds. The minimum atomic E-state index is -0.0148. The fraction of sp³-hybridized carbons (Fsp3) is 0.350. The molecular weight excluding hydrogens is 328 g/mol. The number of hydrogen-bond donors (Lipinski definition) is 2. The molecule has 6 heteroatoms. The number of carbonyl (C=O) groups is 1. The summed E-state index contributed by atoms with van der Waals surface area (Å²) >= 11 is 0. The Morgan fingerprint density at radius 2 is 1.88 bits per heavy atom. The van der Waals surface area contributed by atoms with Gasteiger partial charge in [0, 0.05) is 37.6 Å². The number of carbonyl (C=O) groups excluding carboxylic acids is 1. The van der Waals surface area contributed by atoms with Crippen LogP contribution in [0.3, 0.4) is 0 Å². The number of aryl methyl sites for hydroxylation is 1. The van der Waals surface area contributed by atoms with Crippen molar-refractivity contribution in [2.24, 2.45) is 0 Å². The average Bonchev–Trinajstić information content (AvgIpc) is 2.65. The van der Waals surface area contributed by atoms with Crippen molar-refractivity contribution in [3.8, 4) is 5.75 Å². The molecule has 1 fully saturated rings. The van der Waals surface area contributed by atoms with E-state index in [4.69, 9.17) is 10.5 Å². The Morgan fingerprint density at radius 3 is 2.58 bits per heavy atom. The minimum absolute atomic E-state index is 0.0148. The van der Waals surface area contributed by atoms with Crippen LogP contribution in [0.25, 0.3) is 0 Å². The number of methoxy groups -OCH3 is 1. The molecule has 0 aromatic heterocycles. The number of rotatable bonds is 5. The lowest BCUT2D eigenvalue weighted by Crippen LogP contribution is -2.48. The zero-order chi connectivity index (χ0) is 18.5. The van der Waals surface area contributed by atoms with E-state index in [1.54, 1.807) is 13.2 Å². The molecule has 0 bridgehead atoms. The zero-order valence-electron chi connectivity index (χ0n) is 15.4. The summed E-state index contributed by atoms with van der Waals surface area (Å²) in [6, 6.07) is 13.6. The summed E-state index contributed by atoms with van der Waals surface area (Å²) in [7, 11) is 1.69. The smallest absolute Gasteiger partial charge is 0.238 e. The van der Waals surface area contributed by atoms with Crippen molar-refractivity contribution in [1.82, 2.24) is 4.90 Å². The monoisotopic (exact) mass is 354 g/mol. The second-order valence-corrected chi connectivity index (χ2v) is 6.55. The normalized spacial score (nSPS) is 14.9. The fourth-order valence-corrected chi connectivity index (χ4v) is 3.16. The number of hydrogen-bond acceptors (Lipinski definition) is 5. The number of amides is 1. The molecule has 26 heavy (non-hydrogen) atoms. The largest absolute Gasteiger partial charge is 0.495 e. The van der Waals surface area contributed by atoms with Gasteiger partial charge in [-0.25, -0.2) is 0 Å². The van der Waals surface area contributed by atoms with Gasteiger partial charge in [-0.3, -0.25) is 9.69 Å². The van der Waals surface area contributed by atoms with E-state index in [0.29, 0.717) is 12.2 Å². The average molecular weight is 354 g/mol. The molecule has 0 radical (unpaired) electrons. The van der Waals surface area contributed by atoms with Gasteiger partial charge in [-0.15, -0.1) is 0 Å². The predicted molar refractivity (Wildman–Crippen MR) is 106 cm³/mol. The molecule has 6 nitrogen and oxygen atoms in total. The molecule has 0 spiro atoms. The van der Waals surface area contributed by atoms with E-state index in [-0.39, 0.29) is 5.91 Å². The SMILES string of the molecule is COc1ccccc1N1CCN(CC(=O)Nc2ccc(C)c(N)c2)CC1. The number of nitrogens with one attached hydrogen (secondary N) is 1. The summed E-state index contributed by atoms with van der Waals surface area (Å²) < 4.78 is 5.44. The van der Waals surface area contributed by atoms with E-state index >= 15 is 0 Å². The molecule has 2 aromatic carbocycles. The number of ether oxygens (including phenoxy) is 1. The van der Waals surface area contributed by atoms with Gasteiger partial charge in [0.25, 0.3) is 0 Å². The van der Waals surface area contributed by atoms with E-state index in [1.165, 1.54) is 0 Å². The Hall–Kier alpha value is -2.73. The topological polar surface area (TPSA) is 70.8 Å². The van der Waals surface area contributed by atoms with E-state index in [1.807, 2.05) is 37.3 Å². The van der Waals surface area contributed by atoms with Crippen LogP contribution in [-0.4, -0.2) is 50.6 Å². The Labute approximate surface area is 154 Å². The van der Waals surface area contributed by atoms with Crippen LogP contribution in [0.1, 0.15) is 5.56 Å². The molecule has 0 atom stereocenters. The molecule has 0 saturated carbocycles. The second-order valence-electron chi connectivity index (χ2n) is 6.55. The Balaban J connectivity index is 1.52. The molecular formula is C20H26N4O2. The first kappa shape index (κ1) is 18.1. The van der Waals surface area contributed by atoms with Gasteiger partial charge in [0.2, 0.25) is 5.91 Å². The van der Waals surface area contributed by atoms with Crippen LogP contribution in [0.4, 0.5) is 17.1 Å². The summed E-state index contributed by atoms with van der Waals surface area (Å²) in [5.74, 6) is 0.870. The highest BCUT2D eigenvalue weighted by Crippen LogP contribution is 2.28. The number of para-hydroxylation sites is 2. The third kappa shape index (κ3) is 4.26. The number of benzene rings is 2. The van der Waals surface area contributed by atoms with Crippen molar-refractivity contribution in [3.05, 3.63) is 48.0 Å². The minimum Gasteiger partial charge on any atom is -0.495 e. The molecule has 1 heterocycles. The van der Waals surface area contributed by atoms with Crippen LogP contribution in [0.5, 0.6) is 5.75 Å². The molecule has 1 aliphatic heterocycles. The van der Waals surface area contributed by atoms with Crippen LogP contribution in [0.2, 0.25) is 0 Å². The molecule has 1 saturated heterocycles. The maximum atomic E-state index is 12.3. The highest BCUT2D eigenvalue weighted by molar-refractivity contribution is 5.92. The van der Waals surface area contributed by atoms with Crippen molar-refractivity contribution in [1.29, 1.82) is 0 Å². The number of nitrogen functional groups attached to an aromatic ring is 1. The standard InChI is InChI=1S/C20H26N4O2/c1-15-7-8-16(13-17(15)21)22-20(25)14-23-9-11-24(12-10-23)18-5-3-4-6-19(18)26-2/h3-8,13H,9-12,14,21H2,1-2H3,(H,22,25). The number of nitrogens with zero attached hydrogens (tertiary/aromatic N) is 2. The van der Waals surface area contributed by atoms with Gasteiger partial charge in [0.1, 0.15) is 5.75 Å². The van der Waals surface area contributed by atoms with Crippen LogP contribution >= 0.6 is 0 Å². The van der Waals surface area contributed by atoms with Gasteiger partial charge in [-0.1, -0.05) is 18.2 Å². The summed E-state index contributed by atoms with van der Waals surface area (Å²) in [5.41, 5.74) is 9.44. The van der Waals surface area contributed by atoms with Crippen LogP contribution in [0.15, 0.2) is 42.5 Å². The lowest BCUT2D eigenvalue weighted by molar-refractivity contribution is -0.117. The summed E-state index contributed by atoms with van der Waals surface area (Å²) in [6.45, 7) is 5.73. The zero-order valence-corrected chi connectivity index (χ0v) is 15.4. The summed E-state index contributed by atoms with van der Waals surface area (Å²) in [6.07, 6.45) is 0. The van der Waals surface area contributed by atoms with Gasteiger partial charge in [-0.05, 0) is 36.8 Å². The van der Waals surface area contributed by atoms with Gasteiger partial charge in [0.05, 0.1) is 19.3 Å². The fourth-order valence-electron chi connectivity index (χ4n) is 3.16. The van der Waals surface area contributed by atoms with Crippen molar-refractivity contribution >= 4 is 23.0 Å². The van der Waals surface area contributed by atoms with E-state index in [2.05, 4.69) is 21.2 Å². The first-order valence-corrected chi connectivity index (χ1v) is 8.83. The highest BCUT2D eigenvalue weighted by Gasteiger charge is 2.21. The van der Waals surface area contributed by atoms with Crippen molar-refractivity contribution in [3.63, 3.8) is 0 Å². The van der Waals surface area contributed by atoms with E-state index in [0.717, 1.165) is 48.9 Å². The van der Waals surface area contributed by atoms with Gasteiger partial charge < -0.3 is 20.7 Å². The summed E-state index contributed by atoms with van der Waals surface area (Å²) in [5, 5.41) is 2.92. The Morgan fingerprint density at radius 1 is 1.15 bits per heavy atom. The van der Waals surface area contributed by atoms with E-state index < -0.39 is 0 Å². The number of piperazine rings is 1. The van der Waals surface area contributed by atoms with Gasteiger partial charge in [0.15, 0.2) is 0 Å². The quantitative estimate of drug-likeness (QED) is 0.807. The van der Waals surface area contributed by atoms with Crippen molar-refractivity contribution < 1.29 is 9.53 Å². The Bertz CT molecular complexity index is 770. The highest BCUT2D eigenvalue weighted by atomic mass is 16.5. The van der Waals surface area contributed by atoms with Crippen molar-refractivity contribution in [2.75, 3.05) is 55.8 Å². The molecule has 3 rings (SSSR count). The molecule has 0 aliphatic carbocycles. The maximum absolute atomic E-state index is 12.3. The first-order valence-electron chi connectivity index (χ1n) is 8.83. The predicted octanol–water partition coefficient (Wildman–Crippen LogP) is 2.35.